The van der Waals surface area contributed by atoms with Gasteiger partial charge in [0.15, 0.2) is 5.78 Å². The minimum absolute atomic E-state index is 0.112. The summed E-state index contributed by atoms with van der Waals surface area (Å²) < 4.78 is 0. The molecule has 1 aliphatic rings. The molecule has 2 aromatic rings. The first-order valence-electron chi connectivity index (χ1n) is 7.59. The molecule has 0 spiro atoms. The number of hydrogen-bond donors (Lipinski definition) is 2. The van der Waals surface area contributed by atoms with E-state index in [0.717, 1.165) is 29.5 Å². The predicted octanol–water partition coefficient (Wildman–Crippen LogP) is 4.11. The molecule has 2 aromatic carbocycles. The van der Waals surface area contributed by atoms with Crippen LogP contribution in [-0.4, -0.2) is 10.9 Å². The van der Waals surface area contributed by atoms with Gasteiger partial charge in [0.05, 0.1) is 0 Å². The lowest BCUT2D eigenvalue weighted by Gasteiger charge is -2.18. The van der Waals surface area contributed by atoms with Crippen molar-refractivity contribution in [2.45, 2.75) is 18.9 Å². The maximum Gasteiger partial charge on any atom is 0.163 e. The summed E-state index contributed by atoms with van der Waals surface area (Å²) >= 11 is 5.89. The van der Waals surface area contributed by atoms with Crippen molar-refractivity contribution in [3.8, 4) is 5.75 Å². The van der Waals surface area contributed by atoms with Crippen LogP contribution in [0.2, 0.25) is 5.02 Å². The van der Waals surface area contributed by atoms with Crippen LogP contribution in [0.4, 0.5) is 0 Å². The highest BCUT2D eigenvalue weighted by Crippen LogP contribution is 2.36. The lowest BCUT2D eigenvalue weighted by molar-refractivity contribution is -0.118. The van der Waals surface area contributed by atoms with E-state index < -0.39 is 0 Å². The zero-order valence-electron chi connectivity index (χ0n) is 12.6. The Morgan fingerprint density at radius 1 is 1.13 bits per heavy atom. The van der Waals surface area contributed by atoms with Crippen LogP contribution in [0.5, 0.6) is 5.75 Å². The van der Waals surface area contributed by atoms with Crippen LogP contribution in [0.15, 0.2) is 54.1 Å². The summed E-state index contributed by atoms with van der Waals surface area (Å²) in [4.78, 5) is 12.6. The van der Waals surface area contributed by atoms with Crippen molar-refractivity contribution in [1.29, 1.82) is 0 Å². The van der Waals surface area contributed by atoms with E-state index in [2.05, 4.69) is 0 Å². The summed E-state index contributed by atoms with van der Waals surface area (Å²) in [5, 5.41) is 9.98. The van der Waals surface area contributed by atoms with Crippen molar-refractivity contribution in [2.24, 2.45) is 11.7 Å². The number of hydrogen-bond acceptors (Lipinski definition) is 3. The number of benzene rings is 2. The minimum Gasteiger partial charge on any atom is -0.508 e. The van der Waals surface area contributed by atoms with Crippen LogP contribution in [-0.2, 0) is 4.79 Å². The average molecular weight is 328 g/mol. The Morgan fingerprint density at radius 2 is 1.78 bits per heavy atom. The van der Waals surface area contributed by atoms with Crippen molar-refractivity contribution >= 4 is 23.5 Å². The molecule has 2 atom stereocenters. The summed E-state index contributed by atoms with van der Waals surface area (Å²) in [5.41, 5.74) is 8.93. The summed E-state index contributed by atoms with van der Waals surface area (Å²) in [6.45, 7) is 0. The van der Waals surface area contributed by atoms with Crippen molar-refractivity contribution in [2.75, 3.05) is 0 Å². The second-order valence-corrected chi connectivity index (χ2v) is 6.28. The highest BCUT2D eigenvalue weighted by atomic mass is 35.5. The largest absolute Gasteiger partial charge is 0.508 e. The van der Waals surface area contributed by atoms with Crippen LogP contribution in [0, 0.1) is 5.92 Å². The highest BCUT2D eigenvalue weighted by Gasteiger charge is 2.34. The molecule has 23 heavy (non-hydrogen) atoms. The summed E-state index contributed by atoms with van der Waals surface area (Å²) in [7, 11) is 0. The molecule has 118 valence electrons. The van der Waals surface area contributed by atoms with E-state index in [1.807, 2.05) is 18.2 Å². The summed E-state index contributed by atoms with van der Waals surface area (Å²) in [6.07, 6.45) is 3.37. The molecular weight excluding hydrogens is 310 g/mol. The third-order valence-electron chi connectivity index (χ3n) is 4.30. The molecule has 0 bridgehead atoms. The molecule has 1 fully saturated rings. The van der Waals surface area contributed by atoms with E-state index >= 15 is 0 Å². The minimum atomic E-state index is -0.314. The lowest BCUT2D eigenvalue weighted by atomic mass is 9.91. The second kappa shape index (κ2) is 6.57. The number of ketones is 1. The van der Waals surface area contributed by atoms with Gasteiger partial charge in [-0.25, -0.2) is 0 Å². The van der Waals surface area contributed by atoms with Crippen molar-refractivity contribution in [3.63, 3.8) is 0 Å². The SMILES string of the molecule is NC(c1ccc(Cl)cc1)C1CC/C(=C\c2ccc(O)cc2)C1=O. The lowest BCUT2D eigenvalue weighted by Crippen LogP contribution is -2.24. The van der Waals surface area contributed by atoms with Gasteiger partial charge in [-0.1, -0.05) is 35.9 Å². The molecule has 1 aliphatic carbocycles. The number of phenols is 1. The Hall–Kier alpha value is -2.10. The quantitative estimate of drug-likeness (QED) is 0.834. The van der Waals surface area contributed by atoms with E-state index in [4.69, 9.17) is 17.3 Å². The molecule has 0 heterocycles. The fraction of sp³-hybridized carbons (Fsp3) is 0.211. The van der Waals surface area contributed by atoms with E-state index in [9.17, 15) is 9.90 Å². The molecule has 4 heteroatoms. The fourth-order valence-electron chi connectivity index (χ4n) is 2.98. The van der Waals surface area contributed by atoms with Gasteiger partial charge in [0.25, 0.3) is 0 Å². The molecule has 0 saturated heterocycles. The summed E-state index contributed by atoms with van der Waals surface area (Å²) in [5.74, 6) is 0.132. The molecule has 0 radical (unpaired) electrons. The van der Waals surface area contributed by atoms with E-state index in [-0.39, 0.29) is 23.5 Å². The molecule has 0 aromatic heterocycles. The Balaban J connectivity index is 1.78. The number of carbonyl (C=O) groups is 1. The fourth-order valence-corrected chi connectivity index (χ4v) is 3.10. The second-order valence-electron chi connectivity index (χ2n) is 5.85. The number of Topliss-reactive ketones (excluding diaryl/α,β-unsaturated/α-hetero) is 1. The number of allylic oxidation sites excluding steroid dienone is 1. The first-order valence-corrected chi connectivity index (χ1v) is 7.97. The number of nitrogens with two attached hydrogens (primary N) is 1. The van der Waals surface area contributed by atoms with Gasteiger partial charge >= 0.3 is 0 Å². The molecule has 0 amide bonds. The summed E-state index contributed by atoms with van der Waals surface area (Å²) in [6, 6.07) is 13.8. The standard InChI is InChI=1S/C19H18ClNO2/c20-15-6-3-13(4-7-15)18(21)17-10-5-14(19(17)23)11-12-1-8-16(22)9-2-12/h1-4,6-9,11,17-18,22H,5,10,21H2/b14-11+. The maximum atomic E-state index is 12.6. The van der Waals surface area contributed by atoms with Crippen LogP contribution >= 0.6 is 11.6 Å². The predicted molar refractivity (Wildman–Crippen MR) is 92.2 cm³/mol. The molecule has 1 saturated carbocycles. The van der Waals surface area contributed by atoms with Crippen LogP contribution in [0.25, 0.3) is 6.08 Å². The van der Waals surface area contributed by atoms with Gasteiger partial charge in [-0.15, -0.1) is 0 Å². The first-order chi connectivity index (χ1) is 11.0. The van der Waals surface area contributed by atoms with Gasteiger partial charge in [0, 0.05) is 17.0 Å². The van der Waals surface area contributed by atoms with Crippen molar-refractivity contribution in [1.82, 2.24) is 0 Å². The number of carbonyl (C=O) groups excluding carboxylic acids is 1. The van der Waals surface area contributed by atoms with Gasteiger partial charge in [0.2, 0.25) is 0 Å². The third-order valence-corrected chi connectivity index (χ3v) is 4.55. The van der Waals surface area contributed by atoms with E-state index in [0.29, 0.717) is 5.02 Å². The average Bonchev–Trinajstić information content (AvgIpc) is 2.90. The van der Waals surface area contributed by atoms with Gasteiger partial charge in [-0.3, -0.25) is 4.79 Å². The Morgan fingerprint density at radius 3 is 2.43 bits per heavy atom. The van der Waals surface area contributed by atoms with Gasteiger partial charge in [-0.05, 0) is 59.9 Å². The van der Waals surface area contributed by atoms with Gasteiger partial charge < -0.3 is 10.8 Å². The Kier molecular flexibility index (Phi) is 4.51. The number of halogens is 1. The number of aromatic hydroxyl groups is 1. The zero-order chi connectivity index (χ0) is 16.4. The monoisotopic (exact) mass is 327 g/mol. The van der Waals surface area contributed by atoms with Crippen LogP contribution < -0.4 is 5.73 Å². The van der Waals surface area contributed by atoms with Gasteiger partial charge in [-0.2, -0.15) is 0 Å². The van der Waals surface area contributed by atoms with Crippen molar-refractivity contribution in [3.05, 3.63) is 70.3 Å². The zero-order valence-corrected chi connectivity index (χ0v) is 13.3. The molecule has 3 rings (SSSR count). The Bertz CT molecular complexity index is 735. The number of rotatable bonds is 3. The van der Waals surface area contributed by atoms with Crippen LogP contribution in [0.3, 0.4) is 0 Å². The van der Waals surface area contributed by atoms with Crippen molar-refractivity contribution < 1.29 is 9.90 Å². The topological polar surface area (TPSA) is 63.3 Å². The molecule has 3 nitrogen and oxygen atoms in total. The number of phenolic OH excluding ortho intramolecular Hbond substituents is 1. The molecule has 2 unspecified atom stereocenters. The van der Waals surface area contributed by atoms with Gasteiger partial charge in [0.1, 0.15) is 5.75 Å². The Labute approximate surface area is 140 Å². The highest BCUT2D eigenvalue weighted by molar-refractivity contribution is 6.30. The van der Waals surface area contributed by atoms with Crippen LogP contribution in [0.1, 0.15) is 30.0 Å². The molecular formula is C19H18ClNO2. The molecule has 3 N–H and O–H groups in total. The van der Waals surface area contributed by atoms with E-state index in [1.165, 1.54) is 0 Å². The molecule has 0 aliphatic heterocycles. The normalized spacial score (nSPS) is 20.9. The first kappa shape index (κ1) is 15.8. The smallest absolute Gasteiger partial charge is 0.163 e. The maximum absolute atomic E-state index is 12.6. The third kappa shape index (κ3) is 3.46. The van der Waals surface area contributed by atoms with E-state index in [1.54, 1.807) is 36.4 Å².